The van der Waals surface area contributed by atoms with E-state index in [2.05, 4.69) is 84.3 Å². The molecule has 1 heterocycles. The summed E-state index contributed by atoms with van der Waals surface area (Å²) in [6.45, 7) is 2.11. The summed E-state index contributed by atoms with van der Waals surface area (Å²) in [6, 6.07) is 8.84. The zero-order valence-corrected chi connectivity index (χ0v) is 15.5. The molecule has 1 aromatic heterocycles. The van der Waals surface area contributed by atoms with Gasteiger partial charge in [-0.3, -0.25) is 0 Å². The van der Waals surface area contributed by atoms with Crippen LogP contribution in [-0.2, 0) is 0 Å². The van der Waals surface area contributed by atoms with Crippen molar-refractivity contribution in [1.29, 1.82) is 0 Å². The van der Waals surface area contributed by atoms with Crippen LogP contribution in [0.4, 0.5) is 0 Å². The monoisotopic (exact) mass is 451 g/mol. The Balaban J connectivity index is 2.48. The van der Waals surface area contributed by atoms with Gasteiger partial charge < -0.3 is 5.32 Å². The van der Waals surface area contributed by atoms with Crippen molar-refractivity contribution < 1.29 is 0 Å². The highest BCUT2D eigenvalue weighted by Crippen LogP contribution is 2.38. The number of benzene rings is 1. The lowest BCUT2D eigenvalue weighted by Gasteiger charge is -2.17. The van der Waals surface area contributed by atoms with E-state index in [1.54, 1.807) is 11.3 Å². The van der Waals surface area contributed by atoms with E-state index in [1.807, 2.05) is 7.05 Å². The second-order valence-electron chi connectivity index (χ2n) is 4.06. The van der Waals surface area contributed by atoms with Crippen LogP contribution in [0, 0.1) is 6.92 Å². The fourth-order valence-corrected chi connectivity index (χ4v) is 5.51. The Labute approximate surface area is 136 Å². The van der Waals surface area contributed by atoms with Crippen LogP contribution < -0.4 is 5.32 Å². The van der Waals surface area contributed by atoms with Gasteiger partial charge in [-0.05, 0) is 80.7 Å². The topological polar surface area (TPSA) is 12.0 Å². The molecule has 1 aromatic carbocycles. The molecule has 0 saturated carbocycles. The number of rotatable bonds is 3. The summed E-state index contributed by atoms with van der Waals surface area (Å²) in [5.41, 5.74) is 3.77. The molecule has 0 radical (unpaired) electrons. The summed E-state index contributed by atoms with van der Waals surface area (Å²) >= 11 is 12.4. The molecule has 0 fully saturated rings. The second kappa shape index (κ2) is 6.18. The lowest BCUT2D eigenvalue weighted by atomic mass is 10.00. The summed E-state index contributed by atoms with van der Waals surface area (Å²) in [5.74, 6) is 0. The molecule has 96 valence electrons. The molecule has 0 aliphatic heterocycles. The van der Waals surface area contributed by atoms with E-state index in [0.29, 0.717) is 0 Å². The molecular formula is C13H12Br3NS. The maximum atomic E-state index is 3.63. The summed E-state index contributed by atoms with van der Waals surface area (Å²) < 4.78 is 3.41. The van der Waals surface area contributed by atoms with Crippen LogP contribution in [0.2, 0.25) is 0 Å². The normalized spacial score (nSPS) is 12.7. The molecule has 2 aromatic rings. The van der Waals surface area contributed by atoms with Gasteiger partial charge in [0, 0.05) is 4.47 Å². The van der Waals surface area contributed by atoms with Gasteiger partial charge in [-0.2, -0.15) is 0 Å². The highest BCUT2D eigenvalue weighted by atomic mass is 79.9. The third-order valence-electron chi connectivity index (χ3n) is 2.68. The number of hydrogen-bond acceptors (Lipinski definition) is 2. The number of halogens is 3. The fourth-order valence-electron chi connectivity index (χ4n) is 1.98. The first-order chi connectivity index (χ1) is 8.51. The number of nitrogens with one attached hydrogen (secondary N) is 1. The largest absolute Gasteiger partial charge is 0.309 e. The minimum atomic E-state index is 0.193. The minimum Gasteiger partial charge on any atom is -0.309 e. The lowest BCUT2D eigenvalue weighted by Crippen LogP contribution is -2.17. The Hall–Kier alpha value is 0.320. The van der Waals surface area contributed by atoms with E-state index >= 15 is 0 Å². The summed E-state index contributed by atoms with van der Waals surface area (Å²) in [6.07, 6.45) is 0. The Morgan fingerprint density at radius 2 is 1.83 bits per heavy atom. The zero-order valence-electron chi connectivity index (χ0n) is 9.93. The first-order valence-electron chi connectivity index (χ1n) is 5.40. The predicted octanol–water partition coefficient (Wildman–Crippen LogP) is 5.65. The molecule has 0 aliphatic carbocycles. The van der Waals surface area contributed by atoms with E-state index in [0.717, 1.165) is 12.0 Å². The van der Waals surface area contributed by atoms with E-state index in [4.69, 9.17) is 0 Å². The third-order valence-corrected chi connectivity index (χ3v) is 5.52. The van der Waals surface area contributed by atoms with Crippen molar-refractivity contribution in [3.05, 3.63) is 53.0 Å². The number of hydrogen-bond donors (Lipinski definition) is 1. The summed E-state index contributed by atoms with van der Waals surface area (Å²) in [7, 11) is 1.99. The van der Waals surface area contributed by atoms with Crippen molar-refractivity contribution in [3.8, 4) is 0 Å². The molecule has 0 saturated heterocycles. The average molecular weight is 454 g/mol. The van der Waals surface area contributed by atoms with E-state index in [-0.39, 0.29) is 6.04 Å². The maximum Gasteiger partial charge on any atom is 0.0761 e. The van der Waals surface area contributed by atoms with E-state index in [9.17, 15) is 0 Å². The van der Waals surface area contributed by atoms with E-state index < -0.39 is 0 Å². The Morgan fingerprint density at radius 1 is 1.11 bits per heavy atom. The maximum absolute atomic E-state index is 3.63. The van der Waals surface area contributed by atoms with Gasteiger partial charge in [0.05, 0.1) is 13.6 Å². The molecule has 18 heavy (non-hydrogen) atoms. The van der Waals surface area contributed by atoms with Gasteiger partial charge in [0.15, 0.2) is 0 Å². The average Bonchev–Trinajstić information content (AvgIpc) is 2.58. The van der Waals surface area contributed by atoms with Gasteiger partial charge in [0.1, 0.15) is 0 Å². The van der Waals surface area contributed by atoms with Crippen molar-refractivity contribution in [2.24, 2.45) is 0 Å². The number of aryl methyl sites for hydroxylation is 1. The fraction of sp³-hybridized carbons (Fsp3) is 0.231. The highest BCUT2D eigenvalue weighted by Gasteiger charge is 2.18. The van der Waals surface area contributed by atoms with Crippen molar-refractivity contribution in [3.63, 3.8) is 0 Å². The van der Waals surface area contributed by atoms with Crippen molar-refractivity contribution in [2.75, 3.05) is 7.05 Å². The standard InChI is InChI=1S/C13H12Br3NS/c1-7-3-8(5-9(14)4-7)12(17-2)10-6-11(15)18-13(10)16/h3-6,12,17H,1-2H3. The molecular weight excluding hydrogens is 442 g/mol. The van der Waals surface area contributed by atoms with E-state index in [1.165, 1.54) is 16.7 Å². The van der Waals surface area contributed by atoms with Gasteiger partial charge >= 0.3 is 0 Å². The zero-order chi connectivity index (χ0) is 13.3. The molecule has 1 atom stereocenters. The van der Waals surface area contributed by atoms with Crippen LogP contribution in [-0.4, -0.2) is 7.05 Å². The van der Waals surface area contributed by atoms with Gasteiger partial charge in [0.2, 0.25) is 0 Å². The van der Waals surface area contributed by atoms with Gasteiger partial charge in [-0.15, -0.1) is 11.3 Å². The quantitative estimate of drug-likeness (QED) is 0.633. The van der Waals surface area contributed by atoms with Crippen LogP contribution >= 0.6 is 59.1 Å². The molecule has 5 heteroatoms. The molecule has 0 bridgehead atoms. The molecule has 0 amide bonds. The lowest BCUT2D eigenvalue weighted by molar-refractivity contribution is 0.691. The summed E-state index contributed by atoms with van der Waals surface area (Å²) in [5, 5.41) is 3.38. The minimum absolute atomic E-state index is 0.193. The van der Waals surface area contributed by atoms with Gasteiger partial charge in [-0.25, -0.2) is 0 Å². The highest BCUT2D eigenvalue weighted by molar-refractivity contribution is 9.12. The summed E-state index contributed by atoms with van der Waals surface area (Å²) in [4.78, 5) is 0. The molecule has 1 unspecified atom stereocenters. The second-order valence-corrected chi connectivity index (χ2v) is 8.73. The third kappa shape index (κ3) is 3.25. The van der Waals surface area contributed by atoms with Crippen molar-refractivity contribution >= 4 is 59.1 Å². The molecule has 0 aliphatic rings. The Morgan fingerprint density at radius 3 is 2.33 bits per heavy atom. The number of thiophene rings is 1. The Bertz CT molecular complexity index is 545. The van der Waals surface area contributed by atoms with Crippen molar-refractivity contribution in [2.45, 2.75) is 13.0 Å². The van der Waals surface area contributed by atoms with Gasteiger partial charge in [-0.1, -0.05) is 22.0 Å². The smallest absolute Gasteiger partial charge is 0.0761 e. The predicted molar refractivity (Wildman–Crippen MR) is 89.5 cm³/mol. The van der Waals surface area contributed by atoms with Crippen LogP contribution in [0.3, 0.4) is 0 Å². The van der Waals surface area contributed by atoms with Crippen LogP contribution in [0.1, 0.15) is 22.7 Å². The van der Waals surface area contributed by atoms with Crippen LogP contribution in [0.5, 0.6) is 0 Å². The molecule has 1 nitrogen and oxygen atoms in total. The SMILES string of the molecule is CNC(c1cc(C)cc(Br)c1)c1cc(Br)sc1Br. The van der Waals surface area contributed by atoms with Crippen LogP contribution in [0.25, 0.3) is 0 Å². The molecule has 1 N–H and O–H groups in total. The Kier molecular flexibility index (Phi) is 5.06. The first-order valence-corrected chi connectivity index (χ1v) is 8.60. The first kappa shape index (κ1) is 14.7. The molecule has 2 rings (SSSR count). The van der Waals surface area contributed by atoms with Crippen LogP contribution in [0.15, 0.2) is 36.3 Å². The van der Waals surface area contributed by atoms with Gasteiger partial charge in [0.25, 0.3) is 0 Å². The van der Waals surface area contributed by atoms with Crippen molar-refractivity contribution in [1.82, 2.24) is 5.32 Å². The molecule has 0 spiro atoms.